The molecule has 1 aliphatic heterocycles. The molecule has 1 atom stereocenters. The average Bonchev–Trinajstić information content (AvgIpc) is 2.60. The van der Waals surface area contributed by atoms with Crippen LogP contribution in [0.3, 0.4) is 0 Å². The Morgan fingerprint density at radius 2 is 2.12 bits per heavy atom. The summed E-state index contributed by atoms with van der Waals surface area (Å²) in [6, 6.07) is 2.54. The molecule has 2 heterocycles. The molecule has 0 aliphatic carbocycles. The van der Waals surface area contributed by atoms with Gasteiger partial charge in [-0.15, -0.1) is 10.2 Å². The molecule has 1 aromatic heterocycles. The summed E-state index contributed by atoms with van der Waals surface area (Å²) in [5.74, 6) is -0.578. The summed E-state index contributed by atoms with van der Waals surface area (Å²) < 4.78 is 39.3. The predicted molar refractivity (Wildman–Crippen MR) is 88.9 cm³/mol. The van der Waals surface area contributed by atoms with Crippen LogP contribution >= 0.6 is 0 Å². The molecule has 0 amide bonds. The number of benzene rings is 1. The van der Waals surface area contributed by atoms with E-state index in [4.69, 9.17) is 0 Å². The summed E-state index contributed by atoms with van der Waals surface area (Å²) >= 11 is 0. The molecule has 0 bridgehead atoms. The van der Waals surface area contributed by atoms with E-state index in [-0.39, 0.29) is 23.2 Å². The Hall–Kier alpha value is -2.62. The number of halogens is 3. The molecule has 140 valence electrons. The molecule has 26 heavy (non-hydrogen) atoms. The number of piperidine rings is 1. The molecule has 1 unspecified atom stereocenters. The maximum atomic E-state index is 12.7. The van der Waals surface area contributed by atoms with E-state index in [2.05, 4.69) is 20.8 Å². The molecule has 1 saturated heterocycles. The zero-order valence-corrected chi connectivity index (χ0v) is 14.0. The fraction of sp³-hybridized carbons (Fsp3) is 0.438. The van der Waals surface area contributed by atoms with Crippen LogP contribution < -0.4 is 16.2 Å². The lowest BCUT2D eigenvalue weighted by atomic mass is 10.1. The van der Waals surface area contributed by atoms with Crippen molar-refractivity contribution in [3.05, 3.63) is 34.1 Å². The van der Waals surface area contributed by atoms with Gasteiger partial charge in [-0.25, -0.2) is 0 Å². The number of rotatable bonds is 3. The van der Waals surface area contributed by atoms with Crippen molar-refractivity contribution < 1.29 is 18.3 Å². The third-order valence-electron chi connectivity index (χ3n) is 4.27. The highest BCUT2D eigenvalue weighted by molar-refractivity contribution is 5.65. The van der Waals surface area contributed by atoms with Gasteiger partial charge < -0.3 is 15.7 Å². The SMILES string of the molecule is Cn1c(-c2ccc(C(F)(F)F)cc2O)nnc(NC2CCCNC2)c1=O. The van der Waals surface area contributed by atoms with Crippen molar-refractivity contribution in [2.75, 3.05) is 18.4 Å². The smallest absolute Gasteiger partial charge is 0.416 e. The van der Waals surface area contributed by atoms with Gasteiger partial charge in [0.05, 0.1) is 11.1 Å². The van der Waals surface area contributed by atoms with Crippen molar-refractivity contribution in [1.29, 1.82) is 0 Å². The molecule has 1 aliphatic rings. The molecule has 1 aromatic carbocycles. The zero-order valence-electron chi connectivity index (χ0n) is 14.0. The monoisotopic (exact) mass is 369 g/mol. The Kier molecular flexibility index (Phi) is 4.86. The normalized spacial score (nSPS) is 17.9. The number of phenolic OH excluding ortho intramolecular Hbond substituents is 1. The quantitative estimate of drug-likeness (QED) is 0.763. The molecule has 3 N–H and O–H groups in total. The number of hydrogen-bond donors (Lipinski definition) is 3. The van der Waals surface area contributed by atoms with E-state index < -0.39 is 23.0 Å². The number of phenols is 1. The van der Waals surface area contributed by atoms with Crippen molar-refractivity contribution >= 4 is 5.82 Å². The molecule has 3 rings (SSSR count). The fourth-order valence-corrected chi connectivity index (χ4v) is 2.85. The molecule has 7 nitrogen and oxygen atoms in total. The van der Waals surface area contributed by atoms with Crippen LogP contribution in [-0.4, -0.2) is 39.0 Å². The van der Waals surface area contributed by atoms with Crippen LogP contribution in [0.25, 0.3) is 11.4 Å². The first kappa shape index (κ1) is 18.2. The van der Waals surface area contributed by atoms with Crippen molar-refractivity contribution in [2.24, 2.45) is 7.05 Å². The standard InChI is InChI=1S/C16H18F3N5O2/c1-24-14(11-5-4-9(7-12(11)25)16(17,18)19)23-22-13(15(24)26)21-10-3-2-6-20-8-10/h4-5,7,10,20,25H,2-3,6,8H2,1H3,(H,21,22). The Bertz CT molecular complexity index is 860. The van der Waals surface area contributed by atoms with Gasteiger partial charge in [-0.1, -0.05) is 0 Å². The van der Waals surface area contributed by atoms with E-state index in [0.29, 0.717) is 12.6 Å². The Labute approximate surface area is 146 Å². The second kappa shape index (κ2) is 6.94. The summed E-state index contributed by atoms with van der Waals surface area (Å²) in [7, 11) is 1.42. The first-order chi connectivity index (χ1) is 12.3. The highest BCUT2D eigenvalue weighted by atomic mass is 19.4. The maximum absolute atomic E-state index is 12.7. The fourth-order valence-electron chi connectivity index (χ4n) is 2.85. The molecule has 0 radical (unpaired) electrons. The highest BCUT2D eigenvalue weighted by Crippen LogP contribution is 2.35. The molecule has 2 aromatic rings. The van der Waals surface area contributed by atoms with Gasteiger partial charge in [-0.3, -0.25) is 9.36 Å². The number of aromatic nitrogens is 3. The highest BCUT2D eigenvalue weighted by Gasteiger charge is 2.31. The summed E-state index contributed by atoms with van der Waals surface area (Å²) in [4.78, 5) is 12.5. The lowest BCUT2D eigenvalue weighted by molar-refractivity contribution is -0.137. The zero-order chi connectivity index (χ0) is 18.9. The minimum absolute atomic E-state index is 0.00372. The number of nitrogens with one attached hydrogen (secondary N) is 2. The third-order valence-corrected chi connectivity index (χ3v) is 4.27. The van der Waals surface area contributed by atoms with Crippen LogP contribution in [-0.2, 0) is 13.2 Å². The van der Waals surface area contributed by atoms with Gasteiger partial charge in [0.15, 0.2) is 5.82 Å². The van der Waals surface area contributed by atoms with Gasteiger partial charge in [-0.2, -0.15) is 13.2 Å². The van der Waals surface area contributed by atoms with E-state index in [1.54, 1.807) is 0 Å². The summed E-state index contributed by atoms with van der Waals surface area (Å²) in [5.41, 5.74) is -1.46. The first-order valence-electron chi connectivity index (χ1n) is 8.09. The van der Waals surface area contributed by atoms with Gasteiger partial charge in [-0.05, 0) is 37.6 Å². The van der Waals surface area contributed by atoms with E-state index in [0.717, 1.165) is 36.1 Å². The minimum Gasteiger partial charge on any atom is -0.507 e. The molecule has 1 fully saturated rings. The first-order valence-corrected chi connectivity index (χ1v) is 8.09. The van der Waals surface area contributed by atoms with Crippen molar-refractivity contribution in [2.45, 2.75) is 25.1 Å². The van der Waals surface area contributed by atoms with Crippen LogP contribution in [0.5, 0.6) is 5.75 Å². The van der Waals surface area contributed by atoms with Crippen LogP contribution in [0.15, 0.2) is 23.0 Å². The second-order valence-electron chi connectivity index (χ2n) is 6.15. The van der Waals surface area contributed by atoms with E-state index in [1.807, 2.05) is 0 Å². The molecule has 0 saturated carbocycles. The lowest BCUT2D eigenvalue weighted by Gasteiger charge is -2.24. The summed E-state index contributed by atoms with van der Waals surface area (Å²) in [6.07, 6.45) is -2.71. The van der Waals surface area contributed by atoms with E-state index >= 15 is 0 Å². The van der Waals surface area contributed by atoms with Gasteiger partial charge >= 0.3 is 6.18 Å². The van der Waals surface area contributed by atoms with Gasteiger partial charge in [0, 0.05) is 19.6 Å². The number of alkyl halides is 3. The van der Waals surface area contributed by atoms with Crippen molar-refractivity contribution in [3.63, 3.8) is 0 Å². The largest absolute Gasteiger partial charge is 0.507 e. The van der Waals surface area contributed by atoms with Gasteiger partial charge in [0.25, 0.3) is 5.56 Å². The number of nitrogens with zero attached hydrogens (tertiary/aromatic N) is 3. The van der Waals surface area contributed by atoms with Gasteiger partial charge in [0.1, 0.15) is 5.75 Å². The Balaban J connectivity index is 1.92. The second-order valence-corrected chi connectivity index (χ2v) is 6.15. The van der Waals surface area contributed by atoms with Crippen molar-refractivity contribution in [1.82, 2.24) is 20.1 Å². The lowest BCUT2D eigenvalue weighted by Crippen LogP contribution is -2.40. The minimum atomic E-state index is -4.57. The molecule has 10 heteroatoms. The third kappa shape index (κ3) is 3.64. The van der Waals surface area contributed by atoms with Crippen LogP contribution in [0.4, 0.5) is 19.0 Å². The number of aromatic hydroxyl groups is 1. The maximum Gasteiger partial charge on any atom is 0.416 e. The van der Waals surface area contributed by atoms with Crippen LogP contribution in [0, 0.1) is 0 Å². The predicted octanol–water partition coefficient (Wildman–Crippen LogP) is 1.73. The Morgan fingerprint density at radius 3 is 2.73 bits per heavy atom. The summed E-state index contributed by atoms with van der Waals surface area (Å²) in [5, 5.41) is 24.0. The van der Waals surface area contributed by atoms with E-state index in [9.17, 15) is 23.1 Å². The average molecular weight is 369 g/mol. The Morgan fingerprint density at radius 1 is 1.35 bits per heavy atom. The van der Waals surface area contributed by atoms with Crippen molar-refractivity contribution in [3.8, 4) is 17.1 Å². The molecule has 0 spiro atoms. The number of anilines is 1. The topological polar surface area (TPSA) is 92.1 Å². The molecular formula is C16H18F3N5O2. The summed E-state index contributed by atoms with van der Waals surface area (Å²) in [6.45, 7) is 1.63. The van der Waals surface area contributed by atoms with Crippen LogP contribution in [0.2, 0.25) is 0 Å². The van der Waals surface area contributed by atoms with E-state index in [1.165, 1.54) is 7.05 Å². The van der Waals surface area contributed by atoms with Gasteiger partial charge in [0.2, 0.25) is 5.82 Å². The van der Waals surface area contributed by atoms with Crippen LogP contribution in [0.1, 0.15) is 18.4 Å². The number of hydrogen-bond acceptors (Lipinski definition) is 6. The molecular weight excluding hydrogens is 351 g/mol.